The van der Waals surface area contributed by atoms with Crippen molar-refractivity contribution >= 4 is 6.03 Å². The van der Waals surface area contributed by atoms with Crippen LogP contribution in [0.25, 0.3) is 0 Å². The fourth-order valence-corrected chi connectivity index (χ4v) is 2.13. The van der Waals surface area contributed by atoms with Gasteiger partial charge in [-0.1, -0.05) is 17.7 Å². The summed E-state index contributed by atoms with van der Waals surface area (Å²) in [4.78, 5) is 11.2. The lowest BCUT2D eigenvalue weighted by molar-refractivity contribution is 0.240. The molecule has 0 aliphatic rings. The van der Waals surface area contributed by atoms with Gasteiger partial charge in [-0.15, -0.1) is 0 Å². The number of alkyl halides is 1. The molecule has 18 heavy (non-hydrogen) atoms. The maximum absolute atomic E-state index is 11.8. The van der Waals surface area contributed by atoms with Crippen LogP contribution in [-0.4, -0.2) is 25.8 Å². The summed E-state index contributed by atoms with van der Waals surface area (Å²) >= 11 is 0. The number of amides is 2. The average molecular weight is 252 g/mol. The molecule has 0 unspecified atom stereocenters. The van der Waals surface area contributed by atoms with Crippen LogP contribution in [0.3, 0.4) is 0 Å². The van der Waals surface area contributed by atoms with E-state index in [0.29, 0.717) is 6.54 Å². The van der Waals surface area contributed by atoms with Crippen LogP contribution in [-0.2, 0) is 6.42 Å². The Morgan fingerprint density at radius 2 is 1.67 bits per heavy atom. The smallest absolute Gasteiger partial charge is 0.314 e. The number of hydrogen-bond donors (Lipinski definition) is 2. The van der Waals surface area contributed by atoms with Crippen molar-refractivity contribution in [2.75, 3.05) is 19.8 Å². The minimum absolute atomic E-state index is 0.0639. The van der Waals surface area contributed by atoms with Crippen LogP contribution in [0.5, 0.6) is 0 Å². The zero-order valence-corrected chi connectivity index (χ0v) is 11.3. The third-order valence-electron chi connectivity index (χ3n) is 2.88. The molecule has 3 nitrogen and oxygen atoms in total. The highest BCUT2D eigenvalue weighted by Crippen LogP contribution is 2.16. The van der Waals surface area contributed by atoms with E-state index in [-0.39, 0.29) is 12.6 Å². The van der Waals surface area contributed by atoms with Gasteiger partial charge in [0, 0.05) is 13.1 Å². The summed E-state index contributed by atoms with van der Waals surface area (Å²) < 4.78 is 11.8. The van der Waals surface area contributed by atoms with E-state index in [2.05, 4.69) is 43.5 Å². The van der Waals surface area contributed by atoms with Gasteiger partial charge in [-0.05, 0) is 43.9 Å². The monoisotopic (exact) mass is 252 g/mol. The first kappa shape index (κ1) is 14.5. The Labute approximate surface area is 108 Å². The molecule has 2 amide bonds. The minimum atomic E-state index is -0.538. The molecule has 1 aromatic carbocycles. The Bertz CT molecular complexity index is 395. The summed E-state index contributed by atoms with van der Waals surface area (Å²) in [5.74, 6) is 0. The summed E-state index contributed by atoms with van der Waals surface area (Å²) in [6.45, 7) is 6.32. The molecule has 1 rings (SSSR count). The lowest BCUT2D eigenvalue weighted by atomic mass is 9.97. The van der Waals surface area contributed by atoms with Gasteiger partial charge in [-0.2, -0.15) is 0 Å². The molecule has 0 saturated carbocycles. The van der Waals surface area contributed by atoms with Crippen molar-refractivity contribution in [2.24, 2.45) is 0 Å². The number of halogens is 1. The number of rotatable bonds is 5. The molecular formula is C14H21FN2O. The first-order valence-electron chi connectivity index (χ1n) is 6.19. The summed E-state index contributed by atoms with van der Waals surface area (Å²) in [5, 5.41) is 5.15. The zero-order chi connectivity index (χ0) is 13.5. The highest BCUT2D eigenvalue weighted by molar-refractivity contribution is 5.73. The van der Waals surface area contributed by atoms with Crippen molar-refractivity contribution in [3.05, 3.63) is 34.4 Å². The van der Waals surface area contributed by atoms with Gasteiger partial charge in [0.25, 0.3) is 0 Å². The van der Waals surface area contributed by atoms with E-state index < -0.39 is 6.67 Å². The molecule has 0 aliphatic heterocycles. The Kier molecular flexibility index (Phi) is 5.62. The maximum Gasteiger partial charge on any atom is 0.314 e. The highest BCUT2D eigenvalue weighted by Gasteiger charge is 2.05. The maximum atomic E-state index is 11.8. The Balaban J connectivity index is 2.47. The molecule has 0 fully saturated rings. The largest absolute Gasteiger partial charge is 0.338 e. The van der Waals surface area contributed by atoms with Crippen LogP contribution in [0.1, 0.15) is 22.3 Å². The minimum Gasteiger partial charge on any atom is -0.338 e. The predicted octanol–water partition coefficient (Wildman–Crippen LogP) is 2.42. The second-order valence-corrected chi connectivity index (χ2v) is 4.50. The fraction of sp³-hybridized carbons (Fsp3) is 0.500. The van der Waals surface area contributed by atoms with Crippen molar-refractivity contribution in [1.82, 2.24) is 10.6 Å². The van der Waals surface area contributed by atoms with Gasteiger partial charge in [-0.3, -0.25) is 0 Å². The molecule has 0 aliphatic carbocycles. The normalized spacial score (nSPS) is 10.2. The summed E-state index contributed by atoms with van der Waals surface area (Å²) in [7, 11) is 0. The molecular weight excluding hydrogens is 231 g/mol. The molecule has 0 bridgehead atoms. The van der Waals surface area contributed by atoms with Gasteiger partial charge < -0.3 is 10.6 Å². The van der Waals surface area contributed by atoms with Crippen LogP contribution < -0.4 is 10.6 Å². The van der Waals surface area contributed by atoms with E-state index >= 15 is 0 Å². The van der Waals surface area contributed by atoms with Gasteiger partial charge in [0.05, 0.1) is 0 Å². The molecule has 0 spiro atoms. The lowest BCUT2D eigenvalue weighted by Gasteiger charge is -2.12. The topological polar surface area (TPSA) is 41.1 Å². The molecule has 2 N–H and O–H groups in total. The van der Waals surface area contributed by atoms with Gasteiger partial charge >= 0.3 is 6.03 Å². The SMILES string of the molecule is Cc1cc(C)c(CCNC(=O)NCCF)c(C)c1. The zero-order valence-electron chi connectivity index (χ0n) is 11.3. The standard InChI is InChI=1S/C14H21FN2O/c1-10-8-11(2)13(12(3)9-10)4-6-16-14(18)17-7-5-15/h8-9H,4-7H2,1-3H3,(H2,16,17,18). The van der Waals surface area contributed by atoms with Crippen molar-refractivity contribution in [3.8, 4) is 0 Å². The van der Waals surface area contributed by atoms with E-state index in [9.17, 15) is 9.18 Å². The van der Waals surface area contributed by atoms with E-state index in [1.807, 2.05) is 0 Å². The molecule has 0 heterocycles. The van der Waals surface area contributed by atoms with Crippen LogP contribution in [0.4, 0.5) is 9.18 Å². The summed E-state index contributed by atoms with van der Waals surface area (Å²) in [6.07, 6.45) is 0.793. The number of hydrogen-bond acceptors (Lipinski definition) is 1. The molecule has 0 aromatic heterocycles. The first-order chi connectivity index (χ1) is 8.54. The summed E-state index contributed by atoms with van der Waals surface area (Å²) in [6, 6.07) is 3.98. The Morgan fingerprint density at radius 1 is 1.11 bits per heavy atom. The van der Waals surface area contributed by atoms with Gasteiger partial charge in [-0.25, -0.2) is 9.18 Å². The van der Waals surface area contributed by atoms with Crippen molar-refractivity contribution in [2.45, 2.75) is 27.2 Å². The van der Waals surface area contributed by atoms with Crippen LogP contribution >= 0.6 is 0 Å². The van der Waals surface area contributed by atoms with Crippen LogP contribution in [0.2, 0.25) is 0 Å². The average Bonchev–Trinajstić information content (AvgIpc) is 2.29. The number of nitrogens with one attached hydrogen (secondary N) is 2. The second-order valence-electron chi connectivity index (χ2n) is 4.50. The number of carbonyl (C=O) groups excluding carboxylic acids is 1. The van der Waals surface area contributed by atoms with Crippen LogP contribution in [0.15, 0.2) is 12.1 Å². The number of benzene rings is 1. The predicted molar refractivity (Wildman–Crippen MR) is 71.7 cm³/mol. The van der Waals surface area contributed by atoms with E-state index in [4.69, 9.17) is 0 Å². The number of carbonyl (C=O) groups is 1. The van der Waals surface area contributed by atoms with E-state index in [1.165, 1.54) is 22.3 Å². The van der Waals surface area contributed by atoms with Crippen molar-refractivity contribution in [1.29, 1.82) is 0 Å². The molecule has 0 saturated heterocycles. The second kappa shape index (κ2) is 6.99. The molecule has 4 heteroatoms. The molecule has 0 radical (unpaired) electrons. The van der Waals surface area contributed by atoms with E-state index in [1.54, 1.807) is 0 Å². The molecule has 100 valence electrons. The lowest BCUT2D eigenvalue weighted by Crippen LogP contribution is -2.37. The summed E-state index contributed by atoms with van der Waals surface area (Å²) in [5.41, 5.74) is 5.02. The number of urea groups is 1. The fourth-order valence-electron chi connectivity index (χ4n) is 2.13. The third kappa shape index (κ3) is 4.35. The van der Waals surface area contributed by atoms with Crippen molar-refractivity contribution < 1.29 is 9.18 Å². The van der Waals surface area contributed by atoms with Crippen LogP contribution in [0, 0.1) is 20.8 Å². The highest BCUT2D eigenvalue weighted by atomic mass is 19.1. The van der Waals surface area contributed by atoms with Gasteiger partial charge in [0.15, 0.2) is 0 Å². The third-order valence-corrected chi connectivity index (χ3v) is 2.88. The molecule has 1 aromatic rings. The Hall–Kier alpha value is -1.58. The van der Waals surface area contributed by atoms with Gasteiger partial charge in [0.1, 0.15) is 6.67 Å². The number of aryl methyl sites for hydroxylation is 3. The van der Waals surface area contributed by atoms with E-state index in [0.717, 1.165) is 6.42 Å². The first-order valence-corrected chi connectivity index (χ1v) is 6.19. The van der Waals surface area contributed by atoms with Gasteiger partial charge in [0.2, 0.25) is 0 Å². The quantitative estimate of drug-likeness (QED) is 0.830. The van der Waals surface area contributed by atoms with Crippen molar-refractivity contribution in [3.63, 3.8) is 0 Å². The Morgan fingerprint density at radius 3 is 2.22 bits per heavy atom. The molecule has 0 atom stereocenters.